The lowest BCUT2D eigenvalue weighted by Crippen LogP contribution is -2.41. The van der Waals surface area contributed by atoms with E-state index in [0.717, 1.165) is 25.9 Å². The third-order valence-electron chi connectivity index (χ3n) is 5.78. The number of anilines is 2. The highest BCUT2D eigenvalue weighted by Crippen LogP contribution is 2.32. The Morgan fingerprint density at radius 2 is 1.80 bits per heavy atom. The van der Waals surface area contributed by atoms with Crippen molar-refractivity contribution in [3.05, 3.63) is 48.5 Å². The molecular formula is C21H25FN4O3S. The minimum Gasteiger partial charge on any atom is -0.370 e. The molecule has 0 unspecified atom stereocenters. The first-order chi connectivity index (χ1) is 14.5. The molecule has 30 heavy (non-hydrogen) atoms. The lowest BCUT2D eigenvalue weighted by molar-refractivity contribution is -0.120. The fourth-order valence-electron chi connectivity index (χ4n) is 4.09. The molecule has 2 fully saturated rings. The zero-order valence-electron chi connectivity index (χ0n) is 16.6. The Morgan fingerprint density at radius 1 is 1.07 bits per heavy atom. The molecule has 0 saturated carbocycles. The average Bonchev–Trinajstić information content (AvgIpc) is 3.30. The third-order valence-corrected chi connectivity index (χ3v) is 7.67. The molecule has 2 aromatic rings. The lowest BCUT2D eigenvalue weighted by atomic mass is 9.97. The summed E-state index contributed by atoms with van der Waals surface area (Å²) in [7, 11) is -3.62. The van der Waals surface area contributed by atoms with Gasteiger partial charge in [0.1, 0.15) is 16.4 Å². The Morgan fingerprint density at radius 3 is 2.47 bits per heavy atom. The van der Waals surface area contributed by atoms with Gasteiger partial charge in [0.2, 0.25) is 15.9 Å². The van der Waals surface area contributed by atoms with Gasteiger partial charge in [-0.05, 0) is 49.9 Å². The molecule has 1 aromatic carbocycles. The van der Waals surface area contributed by atoms with E-state index in [2.05, 4.69) is 15.2 Å². The van der Waals surface area contributed by atoms with E-state index in [4.69, 9.17) is 0 Å². The number of amides is 1. The Balaban J connectivity index is 1.42. The second kappa shape index (κ2) is 8.69. The van der Waals surface area contributed by atoms with E-state index in [0.29, 0.717) is 18.5 Å². The molecule has 1 amide bonds. The average molecular weight is 433 g/mol. The molecule has 4 rings (SSSR count). The van der Waals surface area contributed by atoms with Crippen LogP contribution in [0.2, 0.25) is 0 Å². The minimum atomic E-state index is -3.62. The Bertz CT molecular complexity index is 1000. The minimum absolute atomic E-state index is 0.148. The zero-order chi connectivity index (χ0) is 21.1. The van der Waals surface area contributed by atoms with Gasteiger partial charge in [-0.3, -0.25) is 9.78 Å². The predicted octanol–water partition coefficient (Wildman–Crippen LogP) is 2.86. The summed E-state index contributed by atoms with van der Waals surface area (Å²) in [5.74, 6) is -1.08. The quantitative estimate of drug-likeness (QED) is 0.786. The molecule has 2 aliphatic heterocycles. The molecular weight excluding hydrogens is 407 g/mol. The maximum absolute atomic E-state index is 14.5. The lowest BCUT2D eigenvalue weighted by Gasteiger charge is -2.31. The van der Waals surface area contributed by atoms with Crippen molar-refractivity contribution in [2.24, 2.45) is 5.92 Å². The van der Waals surface area contributed by atoms with Crippen molar-refractivity contribution in [3.63, 3.8) is 0 Å². The highest BCUT2D eigenvalue weighted by Gasteiger charge is 2.33. The second-order valence-corrected chi connectivity index (χ2v) is 9.62. The summed E-state index contributed by atoms with van der Waals surface area (Å²) in [6.45, 7) is 2.17. The number of hydrogen-bond acceptors (Lipinski definition) is 5. The molecule has 2 aliphatic rings. The number of aromatic nitrogens is 1. The van der Waals surface area contributed by atoms with Crippen LogP contribution in [-0.2, 0) is 14.8 Å². The summed E-state index contributed by atoms with van der Waals surface area (Å²) in [5.41, 5.74) is 0.923. The molecule has 1 N–H and O–H groups in total. The first-order valence-electron chi connectivity index (χ1n) is 10.2. The summed E-state index contributed by atoms with van der Waals surface area (Å²) in [5, 5.41) is 2.78. The first-order valence-corrected chi connectivity index (χ1v) is 11.7. The molecule has 7 nitrogen and oxygen atoms in total. The van der Waals surface area contributed by atoms with E-state index in [1.807, 2.05) is 6.07 Å². The van der Waals surface area contributed by atoms with E-state index in [1.165, 1.54) is 28.8 Å². The molecule has 9 heteroatoms. The number of sulfonamides is 1. The second-order valence-electron chi connectivity index (χ2n) is 7.68. The monoisotopic (exact) mass is 432 g/mol. The van der Waals surface area contributed by atoms with E-state index < -0.39 is 15.8 Å². The van der Waals surface area contributed by atoms with Crippen LogP contribution in [0.5, 0.6) is 0 Å². The number of hydrogen-bond donors (Lipinski definition) is 1. The van der Waals surface area contributed by atoms with E-state index in [1.54, 1.807) is 12.1 Å². The maximum Gasteiger partial charge on any atom is 0.244 e. The van der Waals surface area contributed by atoms with Gasteiger partial charge in [-0.2, -0.15) is 4.31 Å². The Kier molecular flexibility index (Phi) is 6.01. The summed E-state index contributed by atoms with van der Waals surface area (Å²) in [6.07, 6.45) is 5.72. The smallest absolute Gasteiger partial charge is 0.244 e. The van der Waals surface area contributed by atoms with Crippen LogP contribution < -0.4 is 10.2 Å². The highest BCUT2D eigenvalue weighted by atomic mass is 32.2. The molecule has 0 spiro atoms. The standard InChI is InChI=1S/C21H25FN4O3S/c22-18-6-3-7-19(25-11-1-2-12-25)20(18)24-21(27)16-8-13-26(14-9-16)30(28,29)17-5-4-10-23-15-17/h3-7,10,15-16H,1-2,8-9,11-14H2,(H,24,27). The molecule has 1 aromatic heterocycles. The number of nitrogens with one attached hydrogen (secondary N) is 1. The van der Waals surface area contributed by atoms with E-state index in [-0.39, 0.29) is 35.5 Å². The van der Waals surface area contributed by atoms with Crippen LogP contribution >= 0.6 is 0 Å². The Hall–Kier alpha value is -2.52. The molecule has 2 saturated heterocycles. The van der Waals surface area contributed by atoms with Crippen LogP contribution in [0.1, 0.15) is 25.7 Å². The number of carbonyl (C=O) groups is 1. The van der Waals surface area contributed by atoms with Crippen LogP contribution in [0.25, 0.3) is 0 Å². The van der Waals surface area contributed by atoms with Gasteiger partial charge in [-0.15, -0.1) is 0 Å². The van der Waals surface area contributed by atoms with Gasteiger partial charge in [-0.25, -0.2) is 12.8 Å². The maximum atomic E-state index is 14.5. The molecule has 0 bridgehead atoms. The number of carbonyl (C=O) groups excluding carboxylic acids is 1. The topological polar surface area (TPSA) is 82.6 Å². The van der Waals surface area contributed by atoms with Gasteiger partial charge in [0, 0.05) is 44.5 Å². The summed E-state index contributed by atoms with van der Waals surface area (Å²) in [4.78, 5) is 18.9. The van der Waals surface area contributed by atoms with Crippen LogP contribution in [0.3, 0.4) is 0 Å². The van der Waals surface area contributed by atoms with Gasteiger partial charge in [0.25, 0.3) is 0 Å². The van der Waals surface area contributed by atoms with Crippen LogP contribution in [0.15, 0.2) is 47.6 Å². The molecule has 0 radical (unpaired) electrons. The van der Waals surface area contributed by atoms with Crippen LogP contribution in [0.4, 0.5) is 15.8 Å². The number of piperidine rings is 1. The van der Waals surface area contributed by atoms with Crippen molar-refractivity contribution in [2.75, 3.05) is 36.4 Å². The third kappa shape index (κ3) is 4.17. The van der Waals surface area contributed by atoms with Gasteiger partial charge >= 0.3 is 0 Å². The van der Waals surface area contributed by atoms with Crippen LogP contribution in [-0.4, -0.2) is 49.8 Å². The van der Waals surface area contributed by atoms with Gasteiger partial charge in [0.15, 0.2) is 0 Å². The number of benzene rings is 1. The summed E-state index contributed by atoms with van der Waals surface area (Å²) >= 11 is 0. The van der Waals surface area contributed by atoms with Gasteiger partial charge in [-0.1, -0.05) is 6.07 Å². The molecule has 0 atom stereocenters. The largest absolute Gasteiger partial charge is 0.370 e. The summed E-state index contributed by atoms with van der Waals surface area (Å²) in [6, 6.07) is 7.92. The van der Waals surface area contributed by atoms with Gasteiger partial charge in [0.05, 0.1) is 5.69 Å². The number of nitrogens with zero attached hydrogens (tertiary/aromatic N) is 3. The summed E-state index contributed by atoms with van der Waals surface area (Å²) < 4.78 is 41.3. The first kappa shape index (κ1) is 20.7. The number of rotatable bonds is 5. The highest BCUT2D eigenvalue weighted by molar-refractivity contribution is 7.89. The van der Waals surface area contributed by atoms with E-state index in [9.17, 15) is 17.6 Å². The number of halogens is 1. The van der Waals surface area contributed by atoms with Crippen molar-refractivity contribution < 1.29 is 17.6 Å². The predicted molar refractivity (Wildman–Crippen MR) is 112 cm³/mol. The van der Waals surface area contributed by atoms with Crippen molar-refractivity contribution in [1.29, 1.82) is 0 Å². The zero-order valence-corrected chi connectivity index (χ0v) is 17.4. The number of pyridine rings is 1. The fraction of sp³-hybridized carbons (Fsp3) is 0.429. The Labute approximate surface area is 176 Å². The van der Waals surface area contributed by atoms with Crippen LogP contribution in [0, 0.1) is 11.7 Å². The SMILES string of the molecule is O=C(Nc1c(F)cccc1N1CCCC1)C1CCN(S(=O)(=O)c2cccnc2)CC1. The normalized spacial score (nSPS) is 18.5. The molecule has 3 heterocycles. The van der Waals surface area contributed by atoms with Gasteiger partial charge < -0.3 is 10.2 Å². The fourth-order valence-corrected chi connectivity index (χ4v) is 5.52. The van der Waals surface area contributed by atoms with Crippen molar-refractivity contribution in [3.8, 4) is 0 Å². The van der Waals surface area contributed by atoms with Crippen molar-refractivity contribution >= 4 is 27.3 Å². The van der Waals surface area contributed by atoms with E-state index >= 15 is 0 Å². The van der Waals surface area contributed by atoms with Crippen molar-refractivity contribution in [2.45, 2.75) is 30.6 Å². The van der Waals surface area contributed by atoms with Crippen molar-refractivity contribution in [1.82, 2.24) is 9.29 Å². The molecule has 0 aliphatic carbocycles. The number of para-hydroxylation sites is 1. The molecule has 160 valence electrons.